The lowest BCUT2D eigenvalue weighted by atomic mass is 9.87. The number of hydrogen-bond acceptors (Lipinski definition) is 6. The second-order valence-electron chi connectivity index (χ2n) is 8.24. The van der Waals surface area contributed by atoms with Gasteiger partial charge in [0.2, 0.25) is 0 Å². The number of nitrogens with one attached hydrogen (secondary N) is 2. The van der Waals surface area contributed by atoms with E-state index < -0.39 is 21.8 Å². The summed E-state index contributed by atoms with van der Waals surface area (Å²) in [5, 5.41) is 3.48. The number of hydrazone groups is 1. The van der Waals surface area contributed by atoms with Crippen molar-refractivity contribution in [3.63, 3.8) is 0 Å². The number of imide groups is 1. The molecule has 0 bridgehead atoms. The van der Waals surface area contributed by atoms with Gasteiger partial charge < -0.3 is 0 Å². The number of carbonyl (C=O) groups is 2. The average Bonchev–Trinajstić information content (AvgIpc) is 2.99. The summed E-state index contributed by atoms with van der Waals surface area (Å²) in [6, 6.07) is 9.22. The third kappa shape index (κ3) is 4.26. The second kappa shape index (κ2) is 8.40. The molecule has 0 saturated carbocycles. The van der Waals surface area contributed by atoms with E-state index >= 15 is 0 Å². The maximum atomic E-state index is 13.1. The predicted molar refractivity (Wildman–Crippen MR) is 124 cm³/mol. The number of halogens is 1. The van der Waals surface area contributed by atoms with E-state index in [1.807, 2.05) is 20.8 Å². The smallest absolute Gasteiger partial charge is 0.268 e. The largest absolute Gasteiger partial charge is 0.285 e. The van der Waals surface area contributed by atoms with Gasteiger partial charge in [-0.2, -0.15) is 5.10 Å². The van der Waals surface area contributed by atoms with E-state index in [0.717, 1.165) is 10.5 Å². The first kappa shape index (κ1) is 23.5. The van der Waals surface area contributed by atoms with Gasteiger partial charge in [-0.05, 0) is 42.2 Å². The Morgan fingerprint density at radius 3 is 2.22 bits per heavy atom. The number of fused-ring (bicyclic) bond motifs is 1. The summed E-state index contributed by atoms with van der Waals surface area (Å²) in [6.07, 6.45) is 1.32. The minimum atomic E-state index is -4.03. The van der Waals surface area contributed by atoms with Gasteiger partial charge in [0, 0.05) is 18.6 Å². The first-order valence-electron chi connectivity index (χ1n) is 9.61. The average molecular weight is 475 g/mol. The number of benzene rings is 2. The van der Waals surface area contributed by atoms with Crippen LogP contribution in [0.3, 0.4) is 0 Å². The van der Waals surface area contributed by atoms with Crippen LogP contribution < -0.4 is 10.1 Å². The highest BCUT2D eigenvalue weighted by Gasteiger charge is 2.41. The van der Waals surface area contributed by atoms with Crippen molar-refractivity contribution in [3.05, 3.63) is 70.0 Å². The summed E-state index contributed by atoms with van der Waals surface area (Å²) in [5.41, 5.74) is 3.32. The van der Waals surface area contributed by atoms with Crippen LogP contribution in [0.4, 0.5) is 5.69 Å². The van der Waals surface area contributed by atoms with Crippen molar-refractivity contribution in [3.8, 4) is 0 Å². The number of carbonyl (C=O) groups excluding carboxylic acids is 2. The Bertz CT molecular complexity index is 1250. The first-order valence-corrected chi connectivity index (χ1v) is 11.5. The summed E-state index contributed by atoms with van der Waals surface area (Å²) in [4.78, 5) is 26.9. The van der Waals surface area contributed by atoms with Crippen LogP contribution in [-0.4, -0.2) is 31.8 Å². The van der Waals surface area contributed by atoms with Crippen LogP contribution in [0, 0.1) is 0 Å². The van der Waals surface area contributed by atoms with Gasteiger partial charge in [-0.15, -0.1) is 0 Å². The molecule has 0 unspecified atom stereocenters. The van der Waals surface area contributed by atoms with Crippen molar-refractivity contribution in [1.29, 1.82) is 0 Å². The van der Waals surface area contributed by atoms with E-state index in [2.05, 4.69) is 22.0 Å². The first-order chi connectivity index (χ1) is 14.9. The van der Waals surface area contributed by atoms with E-state index in [-0.39, 0.29) is 37.8 Å². The van der Waals surface area contributed by atoms with Gasteiger partial charge in [0.05, 0.1) is 26.7 Å². The molecule has 2 amide bonds. The van der Waals surface area contributed by atoms with Crippen LogP contribution in [0.15, 0.2) is 58.3 Å². The fourth-order valence-electron chi connectivity index (χ4n) is 3.27. The molecule has 0 radical (unpaired) electrons. The van der Waals surface area contributed by atoms with Gasteiger partial charge in [0.15, 0.2) is 0 Å². The van der Waals surface area contributed by atoms with Crippen LogP contribution in [0.2, 0.25) is 5.02 Å². The van der Waals surface area contributed by atoms with Crippen molar-refractivity contribution >= 4 is 45.8 Å². The van der Waals surface area contributed by atoms with Crippen molar-refractivity contribution < 1.29 is 18.0 Å². The molecule has 10 heteroatoms. The van der Waals surface area contributed by atoms with Crippen LogP contribution >= 0.6 is 11.6 Å². The maximum absolute atomic E-state index is 13.1. The third-order valence-electron chi connectivity index (χ3n) is 4.98. The Labute approximate surface area is 192 Å². The highest BCUT2D eigenvalue weighted by atomic mass is 35.5. The van der Waals surface area contributed by atoms with Crippen LogP contribution in [0.1, 0.15) is 54.0 Å². The number of allylic oxidation sites excluding steroid dienone is 1. The molecule has 1 aliphatic heterocycles. The Morgan fingerprint density at radius 1 is 1.06 bits per heavy atom. The van der Waals surface area contributed by atoms with Crippen molar-refractivity contribution in [2.24, 2.45) is 5.10 Å². The van der Waals surface area contributed by atoms with Gasteiger partial charge in [-0.3, -0.25) is 19.7 Å². The van der Waals surface area contributed by atoms with Crippen LogP contribution in [0.25, 0.3) is 0 Å². The van der Waals surface area contributed by atoms with E-state index in [1.54, 1.807) is 12.1 Å². The normalized spacial score (nSPS) is 14.4. The number of amides is 2. The minimum absolute atomic E-state index is 0.0279. The lowest BCUT2D eigenvalue weighted by Gasteiger charge is -2.19. The van der Waals surface area contributed by atoms with E-state index in [4.69, 9.17) is 11.6 Å². The number of nitrogens with zero attached hydrogens (tertiary/aromatic N) is 2. The predicted octanol–water partition coefficient (Wildman–Crippen LogP) is 4.10. The second-order valence-corrected chi connectivity index (χ2v) is 10.3. The molecule has 2 N–H and O–H groups in total. The number of anilines is 1. The molecule has 2 aromatic carbocycles. The molecule has 0 aromatic heterocycles. The molecule has 1 heterocycles. The quantitative estimate of drug-likeness (QED) is 0.372. The molecule has 0 spiro atoms. The molecule has 3 rings (SSSR count). The van der Waals surface area contributed by atoms with Crippen molar-refractivity contribution in [2.45, 2.75) is 38.0 Å². The fraction of sp³-hybridized carbons (Fsp3) is 0.227. The SMILES string of the molecule is C=NN/C=C(\C)N1C(=O)c2c(Cl)ccc(NS(=O)(=O)c3ccc(C(C)(C)C)cc3)c2C1=O. The molecule has 0 fully saturated rings. The van der Waals surface area contributed by atoms with Gasteiger partial charge in [0.1, 0.15) is 0 Å². The fourth-order valence-corrected chi connectivity index (χ4v) is 4.58. The van der Waals surface area contributed by atoms with Gasteiger partial charge in [-0.1, -0.05) is 44.5 Å². The molecule has 8 nitrogen and oxygen atoms in total. The zero-order valence-corrected chi connectivity index (χ0v) is 19.6. The van der Waals surface area contributed by atoms with Crippen molar-refractivity contribution in [1.82, 2.24) is 10.3 Å². The molecule has 2 aromatic rings. The number of sulfonamides is 1. The highest BCUT2D eigenvalue weighted by molar-refractivity contribution is 7.92. The lowest BCUT2D eigenvalue weighted by molar-refractivity contribution is 0.0704. The molecule has 0 aliphatic carbocycles. The number of hydrogen-bond donors (Lipinski definition) is 2. The Hall–Kier alpha value is -3.17. The summed E-state index contributed by atoms with van der Waals surface area (Å²) >= 11 is 6.18. The summed E-state index contributed by atoms with van der Waals surface area (Å²) < 4.78 is 28.4. The zero-order chi connectivity index (χ0) is 23.8. The molecule has 1 aliphatic rings. The Morgan fingerprint density at radius 2 is 1.66 bits per heavy atom. The summed E-state index contributed by atoms with van der Waals surface area (Å²) in [6.45, 7) is 10.9. The highest BCUT2D eigenvalue weighted by Crippen LogP contribution is 2.37. The molecule has 168 valence electrons. The van der Waals surface area contributed by atoms with Crippen LogP contribution in [0.5, 0.6) is 0 Å². The topological polar surface area (TPSA) is 108 Å². The number of rotatable bonds is 6. The van der Waals surface area contributed by atoms with E-state index in [1.165, 1.54) is 37.4 Å². The van der Waals surface area contributed by atoms with Gasteiger partial charge in [0.25, 0.3) is 21.8 Å². The zero-order valence-electron chi connectivity index (χ0n) is 18.1. The van der Waals surface area contributed by atoms with Gasteiger partial charge >= 0.3 is 0 Å². The molecule has 0 saturated heterocycles. The monoisotopic (exact) mass is 474 g/mol. The molecule has 0 atom stereocenters. The minimum Gasteiger partial charge on any atom is -0.285 e. The van der Waals surface area contributed by atoms with Crippen molar-refractivity contribution in [2.75, 3.05) is 4.72 Å². The maximum Gasteiger partial charge on any atom is 0.268 e. The summed E-state index contributed by atoms with van der Waals surface area (Å²) in [5.74, 6) is -1.36. The lowest BCUT2D eigenvalue weighted by Crippen LogP contribution is -2.28. The van der Waals surface area contributed by atoms with E-state index in [9.17, 15) is 18.0 Å². The Kier molecular flexibility index (Phi) is 6.17. The molecular formula is C22H23ClN4O4S. The molecular weight excluding hydrogens is 452 g/mol. The van der Waals surface area contributed by atoms with Gasteiger partial charge in [-0.25, -0.2) is 13.3 Å². The van der Waals surface area contributed by atoms with Crippen LogP contribution in [-0.2, 0) is 15.4 Å². The summed E-state index contributed by atoms with van der Waals surface area (Å²) in [7, 11) is -4.03. The standard InChI is InChI=1S/C22H23ClN4O4S/c1-13(12-25-24-5)27-20(28)18-16(23)10-11-17(19(18)21(27)29)26-32(30,31)15-8-6-14(7-9-15)22(2,3)4/h6-12,25-26H,5H2,1-4H3/b13-12+. The Balaban J connectivity index is 2.01. The van der Waals surface area contributed by atoms with E-state index in [0.29, 0.717) is 0 Å². The third-order valence-corrected chi connectivity index (χ3v) is 6.68. The molecule has 32 heavy (non-hydrogen) atoms.